The highest BCUT2D eigenvalue weighted by Gasteiger charge is 2.85. The lowest BCUT2D eigenvalue weighted by Gasteiger charge is -2.59. The maximum Gasteiger partial charge on any atom is 0.306 e. The number of carboxylic acids is 1. The third-order valence-electron chi connectivity index (χ3n) is 11.3. The molecule has 3 fully saturated rings. The first-order chi connectivity index (χ1) is 17.3. The molecule has 0 amide bonds. The Kier molecular flexibility index (Phi) is 5.42. The van der Waals surface area contributed by atoms with E-state index in [2.05, 4.69) is 6.92 Å². The average Bonchev–Trinajstić information content (AvgIpc) is 3.48. The molecule has 0 aromatic carbocycles. The molecule has 0 unspecified atom stereocenters. The minimum absolute atomic E-state index is 0.0373. The van der Waals surface area contributed by atoms with Crippen LogP contribution in [-0.4, -0.2) is 56.6 Å². The first-order valence-electron chi connectivity index (χ1n) is 13.5. The maximum absolute atomic E-state index is 14.2. The van der Waals surface area contributed by atoms with Crippen LogP contribution in [-0.2, 0) is 28.7 Å². The molecule has 1 heterocycles. The summed E-state index contributed by atoms with van der Waals surface area (Å²) >= 11 is 0. The second-order valence-corrected chi connectivity index (χ2v) is 13.7. The molecule has 2 N–H and O–H groups in total. The number of carbonyl (C=O) groups is 5. The van der Waals surface area contributed by atoms with Crippen LogP contribution in [0.2, 0.25) is 0 Å². The second kappa shape index (κ2) is 7.60. The zero-order chi connectivity index (χ0) is 28.4. The van der Waals surface area contributed by atoms with Gasteiger partial charge in [0.15, 0.2) is 11.6 Å². The molecule has 0 aromatic heterocycles. The summed E-state index contributed by atoms with van der Waals surface area (Å²) in [6.45, 7) is 12.3. The quantitative estimate of drug-likeness (QED) is 0.502. The van der Waals surface area contributed by atoms with Gasteiger partial charge in [-0.1, -0.05) is 27.7 Å². The summed E-state index contributed by atoms with van der Waals surface area (Å²) in [4.78, 5) is 64.9. The first-order valence-corrected chi connectivity index (χ1v) is 13.5. The number of hydrogen-bond acceptors (Lipinski definition) is 7. The lowest BCUT2D eigenvalue weighted by Crippen LogP contribution is -2.65. The Balaban J connectivity index is 1.58. The smallest absolute Gasteiger partial charge is 0.306 e. The fourth-order valence-electron chi connectivity index (χ4n) is 8.82. The summed E-state index contributed by atoms with van der Waals surface area (Å²) in [6.07, 6.45) is 3.48. The highest BCUT2D eigenvalue weighted by molar-refractivity contribution is 6.14. The van der Waals surface area contributed by atoms with Gasteiger partial charge in [-0.15, -0.1) is 0 Å². The van der Waals surface area contributed by atoms with E-state index in [0.717, 1.165) is 5.57 Å². The molecular weight excluding hydrogens is 488 g/mol. The number of ketones is 4. The van der Waals surface area contributed by atoms with Crippen LogP contribution in [0.5, 0.6) is 0 Å². The average molecular weight is 527 g/mol. The monoisotopic (exact) mass is 526 g/mol. The Labute approximate surface area is 222 Å². The number of carboxylic acid groups (broad SMARTS) is 1. The molecular formula is C30H38O8. The molecule has 0 aromatic rings. The first kappa shape index (κ1) is 27.1. The van der Waals surface area contributed by atoms with Gasteiger partial charge < -0.3 is 14.9 Å². The molecule has 0 radical (unpaired) electrons. The van der Waals surface area contributed by atoms with E-state index in [-0.39, 0.29) is 41.4 Å². The van der Waals surface area contributed by atoms with Crippen LogP contribution in [0.25, 0.3) is 0 Å². The number of aliphatic hydroxyl groups is 1. The van der Waals surface area contributed by atoms with E-state index in [1.165, 1.54) is 19.9 Å². The van der Waals surface area contributed by atoms with Gasteiger partial charge in [-0.25, -0.2) is 0 Å². The molecule has 5 rings (SSSR count). The molecule has 1 saturated heterocycles. The lowest BCUT2D eigenvalue weighted by atomic mass is 9.40. The molecule has 206 valence electrons. The number of aliphatic carboxylic acids is 1. The van der Waals surface area contributed by atoms with Crippen LogP contribution in [0.4, 0.5) is 0 Å². The third kappa shape index (κ3) is 2.96. The fraction of sp³-hybridized carbons (Fsp3) is 0.700. The topological polar surface area (TPSA) is 138 Å². The van der Waals surface area contributed by atoms with Crippen molar-refractivity contribution in [3.05, 3.63) is 23.3 Å². The van der Waals surface area contributed by atoms with Crippen molar-refractivity contribution in [3.8, 4) is 0 Å². The SMILES string of the molecule is C[C@@H](CC(=O)C[C@](C)(O)C1=CC(=O)[C@]2(C)[C@]1(C)C(=O)C=C1[C@]23O[C@H]3C[C@H]2C(C)(C)C(=O)CC[C@]12C)C(=O)O. The Bertz CT molecular complexity index is 1270. The summed E-state index contributed by atoms with van der Waals surface area (Å²) in [5.41, 5.74) is -5.77. The van der Waals surface area contributed by atoms with Crippen LogP contribution in [0, 0.1) is 33.5 Å². The van der Waals surface area contributed by atoms with Gasteiger partial charge >= 0.3 is 5.97 Å². The van der Waals surface area contributed by atoms with Gasteiger partial charge in [-0.05, 0) is 68.2 Å². The number of hydrogen-bond donors (Lipinski definition) is 2. The Morgan fingerprint density at radius 1 is 1.11 bits per heavy atom. The largest absolute Gasteiger partial charge is 0.481 e. The van der Waals surface area contributed by atoms with Crippen LogP contribution in [0.1, 0.15) is 80.6 Å². The Morgan fingerprint density at radius 2 is 1.74 bits per heavy atom. The molecule has 1 aliphatic heterocycles. The van der Waals surface area contributed by atoms with Crippen molar-refractivity contribution in [3.63, 3.8) is 0 Å². The molecule has 2 saturated carbocycles. The summed E-state index contributed by atoms with van der Waals surface area (Å²) in [7, 11) is 0. The van der Waals surface area contributed by atoms with Gasteiger partial charge in [0.2, 0.25) is 0 Å². The molecule has 38 heavy (non-hydrogen) atoms. The van der Waals surface area contributed by atoms with Gasteiger partial charge in [0.1, 0.15) is 17.2 Å². The fourth-order valence-corrected chi connectivity index (χ4v) is 8.82. The predicted octanol–water partition coefficient (Wildman–Crippen LogP) is 3.39. The van der Waals surface area contributed by atoms with E-state index < -0.39 is 57.0 Å². The van der Waals surface area contributed by atoms with Crippen LogP contribution < -0.4 is 0 Å². The molecule has 8 nitrogen and oxygen atoms in total. The number of allylic oxidation sites excluding steroid dienone is 2. The summed E-state index contributed by atoms with van der Waals surface area (Å²) in [6, 6.07) is 0. The Morgan fingerprint density at radius 3 is 2.34 bits per heavy atom. The minimum atomic E-state index is -1.83. The predicted molar refractivity (Wildman–Crippen MR) is 136 cm³/mol. The summed E-state index contributed by atoms with van der Waals surface area (Å²) in [5, 5.41) is 20.8. The van der Waals surface area contributed by atoms with Crippen molar-refractivity contribution >= 4 is 29.1 Å². The number of fused-ring (bicyclic) bond motifs is 3. The number of rotatable bonds is 6. The number of Topliss-reactive ketones (excluding diaryl/α,β-unsaturated/α-hetero) is 2. The molecule has 8 atom stereocenters. The van der Waals surface area contributed by atoms with Crippen molar-refractivity contribution in [1.29, 1.82) is 0 Å². The highest BCUT2D eigenvalue weighted by Crippen LogP contribution is 2.78. The van der Waals surface area contributed by atoms with Crippen molar-refractivity contribution in [2.45, 2.75) is 97.9 Å². The number of ether oxygens (including phenoxy) is 1. The highest BCUT2D eigenvalue weighted by atomic mass is 16.6. The van der Waals surface area contributed by atoms with Crippen molar-refractivity contribution in [2.75, 3.05) is 0 Å². The van der Waals surface area contributed by atoms with Gasteiger partial charge in [-0.2, -0.15) is 0 Å². The van der Waals surface area contributed by atoms with Crippen molar-refractivity contribution < 1.29 is 38.9 Å². The third-order valence-corrected chi connectivity index (χ3v) is 11.3. The molecule has 1 spiro atoms. The zero-order valence-electron chi connectivity index (χ0n) is 23.3. The second-order valence-electron chi connectivity index (χ2n) is 13.7. The number of carbonyl (C=O) groups excluding carboxylic acids is 4. The maximum atomic E-state index is 14.2. The number of epoxide rings is 1. The van der Waals surface area contributed by atoms with Crippen LogP contribution in [0.3, 0.4) is 0 Å². The van der Waals surface area contributed by atoms with Crippen molar-refractivity contribution in [1.82, 2.24) is 0 Å². The minimum Gasteiger partial charge on any atom is -0.481 e. The molecule has 0 bridgehead atoms. The summed E-state index contributed by atoms with van der Waals surface area (Å²) < 4.78 is 6.48. The van der Waals surface area contributed by atoms with Crippen LogP contribution >= 0.6 is 0 Å². The summed E-state index contributed by atoms with van der Waals surface area (Å²) in [5.74, 6) is -2.97. The van der Waals surface area contributed by atoms with E-state index in [4.69, 9.17) is 4.74 Å². The molecule has 5 aliphatic rings. The van der Waals surface area contributed by atoms with Gasteiger partial charge in [0.25, 0.3) is 0 Å². The molecule has 8 heteroatoms. The standard InChI is InChI=1S/C30H38O8/c1-15(24(35)36)10-16(31)14-27(5,37)19-12-22(34)29(7)28(19,6)21(33)11-18-26(4)9-8-20(32)25(2,3)17(26)13-23-30(18,29)38-23/h11-12,15,17,23,37H,8-10,13-14H2,1-7H3,(H,35,36)/t15-,17-,23-,26-,27-,28-,29+,30+/m0/s1. The lowest BCUT2D eigenvalue weighted by molar-refractivity contribution is -0.149. The van der Waals surface area contributed by atoms with E-state index in [1.807, 2.05) is 13.8 Å². The van der Waals surface area contributed by atoms with E-state index in [0.29, 0.717) is 19.3 Å². The van der Waals surface area contributed by atoms with Gasteiger partial charge in [-0.3, -0.25) is 24.0 Å². The van der Waals surface area contributed by atoms with Crippen LogP contribution in [0.15, 0.2) is 23.3 Å². The van der Waals surface area contributed by atoms with E-state index in [1.54, 1.807) is 19.9 Å². The van der Waals surface area contributed by atoms with E-state index >= 15 is 0 Å². The Hall–Kier alpha value is -2.45. The zero-order valence-corrected chi connectivity index (χ0v) is 23.3. The molecule has 4 aliphatic carbocycles. The van der Waals surface area contributed by atoms with Crippen molar-refractivity contribution in [2.24, 2.45) is 33.5 Å². The normalized spacial score (nSPS) is 43.0. The van der Waals surface area contributed by atoms with E-state index in [9.17, 15) is 34.2 Å². The van der Waals surface area contributed by atoms with Gasteiger partial charge in [0, 0.05) is 24.7 Å². The van der Waals surface area contributed by atoms with Gasteiger partial charge in [0.05, 0.1) is 28.5 Å².